The Labute approximate surface area is 186 Å². The summed E-state index contributed by atoms with van der Waals surface area (Å²) in [4.78, 5) is 25.3. The molecule has 1 saturated heterocycles. The van der Waals surface area contributed by atoms with Crippen LogP contribution >= 0.6 is 0 Å². The number of carbonyl (C=O) groups excluding carboxylic acids is 1. The number of ether oxygens (including phenoxy) is 1. The van der Waals surface area contributed by atoms with Gasteiger partial charge in [0.25, 0.3) is 0 Å². The number of benzene rings is 2. The lowest BCUT2D eigenvalue weighted by Gasteiger charge is -2.35. The number of rotatable bonds is 4. The summed E-state index contributed by atoms with van der Waals surface area (Å²) in [6.45, 7) is 4.47. The summed E-state index contributed by atoms with van der Waals surface area (Å²) in [6.07, 6.45) is 3.73. The first-order chi connectivity index (χ1) is 15.7. The Morgan fingerprint density at radius 3 is 2.38 bits per heavy atom. The zero-order valence-corrected chi connectivity index (χ0v) is 18.2. The largest absolute Gasteiger partial charge is 0.495 e. The molecule has 5 rings (SSSR count). The van der Waals surface area contributed by atoms with E-state index in [0.717, 1.165) is 52.5 Å². The molecular weight excluding hydrogens is 402 g/mol. The maximum Gasteiger partial charge on any atom is 0.219 e. The number of fused-ring (bicyclic) bond motifs is 1. The number of carbonyl (C=O) groups is 1. The zero-order chi connectivity index (χ0) is 22.1. The lowest BCUT2D eigenvalue weighted by molar-refractivity contribution is -0.129. The third kappa shape index (κ3) is 3.45. The molecule has 0 N–H and O–H groups in total. The summed E-state index contributed by atoms with van der Waals surface area (Å²) in [5.41, 5.74) is 3.92. The number of piperazine rings is 1. The number of amides is 1. The number of hydrogen-bond donors (Lipinski definition) is 0. The Morgan fingerprint density at radius 1 is 0.938 bits per heavy atom. The summed E-state index contributed by atoms with van der Waals surface area (Å²) >= 11 is 0. The van der Waals surface area contributed by atoms with Crippen molar-refractivity contribution >= 4 is 22.8 Å². The van der Waals surface area contributed by atoms with Gasteiger partial charge in [-0.05, 0) is 17.7 Å². The molecule has 1 amide bonds. The highest BCUT2D eigenvalue weighted by molar-refractivity contribution is 6.02. The fourth-order valence-corrected chi connectivity index (χ4v) is 4.37. The van der Waals surface area contributed by atoms with Gasteiger partial charge in [-0.3, -0.25) is 9.36 Å². The van der Waals surface area contributed by atoms with Crippen LogP contribution in [-0.2, 0) is 4.79 Å². The lowest BCUT2D eigenvalue weighted by Crippen LogP contribution is -2.48. The Bertz CT molecular complexity index is 1260. The van der Waals surface area contributed by atoms with Crippen molar-refractivity contribution < 1.29 is 9.53 Å². The highest BCUT2D eigenvalue weighted by Crippen LogP contribution is 2.38. The van der Waals surface area contributed by atoms with Crippen LogP contribution in [0.3, 0.4) is 0 Å². The van der Waals surface area contributed by atoms with Crippen molar-refractivity contribution in [3.8, 4) is 22.6 Å². The first-order valence-corrected chi connectivity index (χ1v) is 10.7. The van der Waals surface area contributed by atoms with Crippen LogP contribution in [0.4, 0.5) is 5.82 Å². The Hall–Kier alpha value is -3.87. The van der Waals surface area contributed by atoms with Crippen LogP contribution in [0.15, 0.2) is 67.1 Å². The van der Waals surface area contributed by atoms with Gasteiger partial charge in [-0.15, -0.1) is 0 Å². The number of methoxy groups -OCH3 is 1. The molecule has 0 radical (unpaired) electrons. The SMILES string of the molecule is COc1ccccc1-n1cc(-c2ccccc2)c2c(N3CCN(C(C)=O)CC3)ncnc21. The minimum atomic E-state index is 0.116. The van der Waals surface area contributed by atoms with Gasteiger partial charge in [-0.1, -0.05) is 42.5 Å². The highest BCUT2D eigenvalue weighted by Gasteiger charge is 2.25. The second-order valence-corrected chi connectivity index (χ2v) is 7.84. The predicted octanol–water partition coefficient (Wildman–Crippen LogP) is 3.76. The van der Waals surface area contributed by atoms with Gasteiger partial charge in [0.2, 0.25) is 5.91 Å². The maximum absolute atomic E-state index is 11.8. The van der Waals surface area contributed by atoms with Gasteiger partial charge in [0.1, 0.15) is 17.9 Å². The van der Waals surface area contributed by atoms with Crippen LogP contribution < -0.4 is 9.64 Å². The Morgan fingerprint density at radius 2 is 1.66 bits per heavy atom. The van der Waals surface area contributed by atoms with Crippen molar-refractivity contribution in [2.75, 3.05) is 38.2 Å². The fraction of sp³-hybridized carbons (Fsp3) is 0.240. The molecule has 1 fully saturated rings. The molecule has 2 aromatic heterocycles. The molecule has 162 valence electrons. The van der Waals surface area contributed by atoms with E-state index in [2.05, 4.69) is 32.8 Å². The molecule has 2 aromatic carbocycles. The molecule has 0 bridgehead atoms. The molecular formula is C25H25N5O2. The first-order valence-electron chi connectivity index (χ1n) is 10.7. The Balaban J connectivity index is 1.70. The van der Waals surface area contributed by atoms with Crippen LogP contribution in [0.25, 0.3) is 27.8 Å². The van der Waals surface area contributed by atoms with E-state index >= 15 is 0 Å². The maximum atomic E-state index is 11.8. The van der Waals surface area contributed by atoms with Gasteiger partial charge in [-0.2, -0.15) is 0 Å². The van der Waals surface area contributed by atoms with Gasteiger partial charge in [-0.25, -0.2) is 9.97 Å². The molecule has 0 unspecified atom stereocenters. The van der Waals surface area contributed by atoms with Crippen molar-refractivity contribution in [1.29, 1.82) is 0 Å². The van der Waals surface area contributed by atoms with Crippen LogP contribution in [0, 0.1) is 0 Å². The molecule has 32 heavy (non-hydrogen) atoms. The van der Waals surface area contributed by atoms with Gasteiger partial charge < -0.3 is 14.5 Å². The summed E-state index contributed by atoms with van der Waals surface area (Å²) in [6, 6.07) is 18.2. The van der Waals surface area contributed by atoms with E-state index in [-0.39, 0.29) is 5.91 Å². The van der Waals surface area contributed by atoms with Crippen LogP contribution in [0.5, 0.6) is 5.75 Å². The van der Waals surface area contributed by atoms with E-state index in [4.69, 9.17) is 9.72 Å². The van der Waals surface area contributed by atoms with E-state index < -0.39 is 0 Å². The molecule has 7 nitrogen and oxygen atoms in total. The molecule has 0 atom stereocenters. The summed E-state index contributed by atoms with van der Waals surface area (Å²) < 4.78 is 7.71. The predicted molar refractivity (Wildman–Crippen MR) is 125 cm³/mol. The number of para-hydroxylation sites is 2. The van der Waals surface area contributed by atoms with Crippen molar-refractivity contribution in [2.45, 2.75) is 6.92 Å². The van der Waals surface area contributed by atoms with E-state index in [1.165, 1.54) is 0 Å². The second-order valence-electron chi connectivity index (χ2n) is 7.84. The quantitative estimate of drug-likeness (QED) is 0.496. The van der Waals surface area contributed by atoms with Crippen molar-refractivity contribution in [1.82, 2.24) is 19.4 Å². The zero-order valence-electron chi connectivity index (χ0n) is 18.2. The molecule has 0 saturated carbocycles. The van der Waals surface area contributed by atoms with Crippen LogP contribution in [-0.4, -0.2) is 58.6 Å². The van der Waals surface area contributed by atoms with E-state index in [1.807, 2.05) is 47.4 Å². The third-order valence-electron chi connectivity index (χ3n) is 6.02. The van der Waals surface area contributed by atoms with E-state index in [0.29, 0.717) is 13.1 Å². The summed E-state index contributed by atoms with van der Waals surface area (Å²) in [5.74, 6) is 1.79. The molecule has 4 aromatic rings. The molecule has 0 spiro atoms. The average Bonchev–Trinajstić information content (AvgIpc) is 3.24. The molecule has 1 aliphatic heterocycles. The molecule has 3 heterocycles. The van der Waals surface area contributed by atoms with Crippen LogP contribution in [0.2, 0.25) is 0 Å². The minimum Gasteiger partial charge on any atom is -0.495 e. The van der Waals surface area contributed by atoms with E-state index in [1.54, 1.807) is 20.4 Å². The second kappa shape index (κ2) is 8.34. The topological polar surface area (TPSA) is 63.5 Å². The van der Waals surface area contributed by atoms with Gasteiger partial charge in [0, 0.05) is 44.9 Å². The van der Waals surface area contributed by atoms with Crippen molar-refractivity contribution in [2.24, 2.45) is 0 Å². The first kappa shape index (κ1) is 20.1. The number of anilines is 1. The lowest BCUT2D eigenvalue weighted by atomic mass is 10.1. The standard InChI is InChI=1S/C25H25N5O2/c1-18(31)28-12-14-29(15-13-28)24-23-20(19-8-4-3-5-9-19)16-30(25(23)27-17-26-24)21-10-6-7-11-22(21)32-2/h3-11,16-17H,12-15H2,1-2H3. The van der Waals surface area contributed by atoms with Crippen molar-refractivity contribution in [3.63, 3.8) is 0 Å². The smallest absolute Gasteiger partial charge is 0.219 e. The Kier molecular flexibility index (Phi) is 5.23. The van der Waals surface area contributed by atoms with Gasteiger partial charge in [0.15, 0.2) is 5.65 Å². The molecule has 1 aliphatic rings. The van der Waals surface area contributed by atoms with Gasteiger partial charge >= 0.3 is 0 Å². The van der Waals surface area contributed by atoms with Gasteiger partial charge in [0.05, 0.1) is 18.2 Å². The average molecular weight is 428 g/mol. The number of aromatic nitrogens is 3. The summed E-state index contributed by atoms with van der Waals surface area (Å²) in [7, 11) is 1.68. The number of nitrogens with zero attached hydrogens (tertiary/aromatic N) is 5. The normalized spacial score (nSPS) is 14.1. The highest BCUT2D eigenvalue weighted by atomic mass is 16.5. The monoisotopic (exact) mass is 427 g/mol. The molecule has 7 heteroatoms. The van der Waals surface area contributed by atoms with Crippen LogP contribution in [0.1, 0.15) is 6.92 Å². The van der Waals surface area contributed by atoms with Crippen molar-refractivity contribution in [3.05, 3.63) is 67.1 Å². The third-order valence-corrected chi connectivity index (χ3v) is 6.02. The summed E-state index contributed by atoms with van der Waals surface area (Å²) in [5, 5.41) is 1.00. The minimum absolute atomic E-state index is 0.116. The fourth-order valence-electron chi connectivity index (χ4n) is 4.37. The number of hydrogen-bond acceptors (Lipinski definition) is 5. The van der Waals surface area contributed by atoms with E-state index in [9.17, 15) is 4.79 Å². The molecule has 0 aliphatic carbocycles.